The average Bonchev–Trinajstić information content (AvgIpc) is 2.47. The Bertz CT molecular complexity index is 627. The fourth-order valence-corrected chi connectivity index (χ4v) is 3.29. The molecule has 0 amide bonds. The Morgan fingerprint density at radius 2 is 1.61 bits per heavy atom. The summed E-state index contributed by atoms with van der Waals surface area (Å²) in [5.74, 6) is 0.359. The molecular formula is C18H26O4S. The van der Waals surface area contributed by atoms with E-state index in [0.29, 0.717) is 24.8 Å². The molecule has 0 spiro atoms. The lowest BCUT2D eigenvalue weighted by molar-refractivity contribution is -0.118. The van der Waals surface area contributed by atoms with Crippen LogP contribution in [0, 0.1) is 0 Å². The van der Waals surface area contributed by atoms with E-state index < -0.39 is 9.84 Å². The Morgan fingerprint density at radius 3 is 2.13 bits per heavy atom. The van der Waals surface area contributed by atoms with Crippen molar-refractivity contribution in [1.82, 2.24) is 0 Å². The summed E-state index contributed by atoms with van der Waals surface area (Å²) in [5.41, 5.74) is 1.55. The Hall–Kier alpha value is -1.49. The number of sulfone groups is 1. The molecule has 0 aliphatic rings. The first-order valence-corrected chi connectivity index (χ1v) is 9.77. The second-order valence-electron chi connectivity index (χ2n) is 6.19. The fraction of sp³-hybridized carbons (Fsp3) is 0.556. The van der Waals surface area contributed by atoms with Crippen LogP contribution < -0.4 is 0 Å². The largest absolute Gasteiger partial charge is 0.299 e. The summed E-state index contributed by atoms with van der Waals surface area (Å²) in [6.45, 7) is 4.89. The van der Waals surface area contributed by atoms with Gasteiger partial charge in [-0.05, 0) is 39.2 Å². The van der Waals surface area contributed by atoms with E-state index >= 15 is 0 Å². The van der Waals surface area contributed by atoms with Crippen LogP contribution in [-0.4, -0.2) is 31.0 Å². The summed E-state index contributed by atoms with van der Waals surface area (Å²) in [4.78, 5) is 23.1. The number of unbranched alkanes of at least 4 members (excludes halogenated alkanes) is 2. The maximum atomic E-state index is 11.9. The molecule has 0 aliphatic carbocycles. The van der Waals surface area contributed by atoms with Crippen molar-refractivity contribution in [1.29, 1.82) is 0 Å². The van der Waals surface area contributed by atoms with Crippen LogP contribution in [0.15, 0.2) is 24.3 Å². The van der Waals surface area contributed by atoms with Crippen molar-refractivity contribution in [3.63, 3.8) is 0 Å². The number of carbonyl (C=O) groups is 2. The maximum absolute atomic E-state index is 11.9. The fourth-order valence-electron chi connectivity index (χ4n) is 2.21. The molecular weight excluding hydrogens is 312 g/mol. The van der Waals surface area contributed by atoms with Crippen molar-refractivity contribution in [2.45, 2.75) is 58.1 Å². The SMILES string of the molecule is CC(=O)c1ccc(CC(=O)CCCCCS(=O)(=O)C(C)C)cc1. The van der Waals surface area contributed by atoms with Gasteiger partial charge in [0, 0.05) is 18.4 Å². The molecule has 0 aliphatic heterocycles. The number of carbonyl (C=O) groups excluding carboxylic acids is 2. The van der Waals surface area contributed by atoms with Crippen LogP contribution in [0.4, 0.5) is 0 Å². The predicted molar refractivity (Wildman–Crippen MR) is 92.5 cm³/mol. The van der Waals surface area contributed by atoms with Gasteiger partial charge in [0.15, 0.2) is 15.6 Å². The predicted octanol–water partition coefficient (Wildman–Crippen LogP) is 3.38. The minimum absolute atomic E-state index is 0.0132. The van der Waals surface area contributed by atoms with Gasteiger partial charge in [-0.3, -0.25) is 9.59 Å². The first-order valence-electron chi connectivity index (χ1n) is 8.05. The molecule has 23 heavy (non-hydrogen) atoms. The van der Waals surface area contributed by atoms with Crippen molar-refractivity contribution >= 4 is 21.4 Å². The van der Waals surface area contributed by atoms with Gasteiger partial charge in [-0.15, -0.1) is 0 Å². The Labute approximate surface area is 139 Å². The smallest absolute Gasteiger partial charge is 0.159 e. The van der Waals surface area contributed by atoms with Crippen LogP contribution in [0.1, 0.15) is 62.4 Å². The van der Waals surface area contributed by atoms with E-state index in [4.69, 9.17) is 0 Å². The summed E-state index contributed by atoms with van der Waals surface area (Å²) in [7, 11) is -2.97. The molecule has 0 saturated heterocycles. The van der Waals surface area contributed by atoms with E-state index in [-0.39, 0.29) is 22.6 Å². The van der Waals surface area contributed by atoms with E-state index in [1.807, 2.05) is 12.1 Å². The summed E-state index contributed by atoms with van der Waals surface area (Å²) in [6.07, 6.45) is 2.92. The molecule has 128 valence electrons. The highest BCUT2D eigenvalue weighted by Crippen LogP contribution is 2.10. The first kappa shape index (κ1) is 19.6. The molecule has 0 unspecified atom stereocenters. The van der Waals surface area contributed by atoms with Crippen molar-refractivity contribution in [3.8, 4) is 0 Å². The number of Topliss-reactive ketones (excluding diaryl/α,β-unsaturated/α-hetero) is 2. The monoisotopic (exact) mass is 338 g/mol. The number of hydrogen-bond donors (Lipinski definition) is 0. The lowest BCUT2D eigenvalue weighted by atomic mass is 10.0. The molecule has 1 rings (SSSR count). The van der Waals surface area contributed by atoms with E-state index in [1.165, 1.54) is 6.92 Å². The molecule has 0 fully saturated rings. The highest BCUT2D eigenvalue weighted by molar-refractivity contribution is 7.91. The normalized spacial score (nSPS) is 11.7. The molecule has 0 saturated carbocycles. The number of ketones is 2. The molecule has 0 bridgehead atoms. The summed E-state index contributed by atoms with van der Waals surface area (Å²) in [6, 6.07) is 7.09. The van der Waals surface area contributed by atoms with Gasteiger partial charge in [0.1, 0.15) is 5.78 Å². The number of hydrogen-bond acceptors (Lipinski definition) is 4. The molecule has 1 aromatic carbocycles. The lowest BCUT2D eigenvalue weighted by Crippen LogP contribution is -2.17. The van der Waals surface area contributed by atoms with E-state index in [2.05, 4.69) is 0 Å². The molecule has 4 nitrogen and oxygen atoms in total. The minimum atomic E-state index is -2.97. The summed E-state index contributed by atoms with van der Waals surface area (Å²) >= 11 is 0. The number of rotatable bonds is 10. The molecule has 0 atom stereocenters. The topological polar surface area (TPSA) is 68.3 Å². The van der Waals surface area contributed by atoms with Crippen molar-refractivity contribution < 1.29 is 18.0 Å². The molecule has 1 aromatic rings. The Kier molecular flexibility index (Phi) is 7.62. The zero-order chi connectivity index (χ0) is 17.5. The van der Waals surface area contributed by atoms with Crippen LogP contribution in [0.5, 0.6) is 0 Å². The van der Waals surface area contributed by atoms with Gasteiger partial charge in [0.2, 0.25) is 0 Å². The average molecular weight is 338 g/mol. The highest BCUT2D eigenvalue weighted by Gasteiger charge is 2.15. The zero-order valence-electron chi connectivity index (χ0n) is 14.2. The molecule has 0 aromatic heterocycles. The van der Waals surface area contributed by atoms with Crippen LogP contribution in [0.3, 0.4) is 0 Å². The Morgan fingerprint density at radius 1 is 1.00 bits per heavy atom. The van der Waals surface area contributed by atoms with Crippen LogP contribution >= 0.6 is 0 Å². The second-order valence-corrected chi connectivity index (χ2v) is 8.87. The maximum Gasteiger partial charge on any atom is 0.159 e. The minimum Gasteiger partial charge on any atom is -0.299 e. The summed E-state index contributed by atoms with van der Waals surface area (Å²) in [5, 5.41) is -0.331. The van der Waals surface area contributed by atoms with Gasteiger partial charge in [-0.1, -0.05) is 30.7 Å². The third-order valence-corrected chi connectivity index (χ3v) is 6.16. The van der Waals surface area contributed by atoms with Gasteiger partial charge >= 0.3 is 0 Å². The van der Waals surface area contributed by atoms with Gasteiger partial charge in [-0.25, -0.2) is 8.42 Å². The van der Waals surface area contributed by atoms with Crippen molar-refractivity contribution in [3.05, 3.63) is 35.4 Å². The van der Waals surface area contributed by atoms with Gasteiger partial charge in [0.25, 0.3) is 0 Å². The quantitative estimate of drug-likeness (QED) is 0.484. The second kappa shape index (κ2) is 8.96. The van der Waals surface area contributed by atoms with E-state index in [9.17, 15) is 18.0 Å². The third-order valence-electron chi connectivity index (χ3n) is 3.86. The van der Waals surface area contributed by atoms with E-state index in [0.717, 1.165) is 18.4 Å². The molecule has 5 heteroatoms. The zero-order valence-corrected chi connectivity index (χ0v) is 15.0. The highest BCUT2D eigenvalue weighted by atomic mass is 32.2. The third kappa shape index (κ3) is 7.08. The van der Waals surface area contributed by atoms with Crippen LogP contribution in [0.25, 0.3) is 0 Å². The number of benzene rings is 1. The van der Waals surface area contributed by atoms with Crippen molar-refractivity contribution in [2.24, 2.45) is 0 Å². The molecule has 0 N–H and O–H groups in total. The van der Waals surface area contributed by atoms with Crippen LogP contribution in [-0.2, 0) is 21.1 Å². The van der Waals surface area contributed by atoms with Gasteiger partial charge in [0.05, 0.1) is 11.0 Å². The summed E-state index contributed by atoms with van der Waals surface area (Å²) < 4.78 is 23.3. The molecule has 0 radical (unpaired) electrons. The standard InChI is InChI=1S/C18H26O4S/c1-14(2)23(21,22)12-6-4-5-7-18(20)13-16-8-10-17(11-9-16)15(3)19/h8-11,14H,4-7,12-13H2,1-3H3. The molecule has 0 heterocycles. The lowest BCUT2D eigenvalue weighted by Gasteiger charge is -2.07. The van der Waals surface area contributed by atoms with Crippen molar-refractivity contribution in [2.75, 3.05) is 5.75 Å². The van der Waals surface area contributed by atoms with E-state index in [1.54, 1.807) is 26.0 Å². The Balaban J connectivity index is 2.28. The van der Waals surface area contributed by atoms with Gasteiger partial charge in [-0.2, -0.15) is 0 Å². The van der Waals surface area contributed by atoms with Gasteiger partial charge < -0.3 is 0 Å². The first-order chi connectivity index (χ1) is 10.7. The van der Waals surface area contributed by atoms with Crippen LogP contribution in [0.2, 0.25) is 0 Å².